The van der Waals surface area contributed by atoms with Crippen LogP contribution in [0.1, 0.15) is 11.1 Å². The minimum atomic E-state index is -3.48. The Kier molecular flexibility index (Phi) is 3.63. The molecule has 2 aromatic carbocycles. The van der Waals surface area contributed by atoms with Gasteiger partial charge in [-0.1, -0.05) is 24.3 Å². The first-order valence-corrected chi connectivity index (χ1v) is 7.14. The predicted molar refractivity (Wildman–Crippen MR) is 68.4 cm³/mol. The highest BCUT2D eigenvalue weighted by molar-refractivity contribution is 7.90. The van der Waals surface area contributed by atoms with Gasteiger partial charge in [-0.25, -0.2) is 12.8 Å². The summed E-state index contributed by atoms with van der Waals surface area (Å²) in [6.45, 7) is 0. The number of rotatable bonds is 3. The molecule has 0 aromatic heterocycles. The highest BCUT2D eigenvalue weighted by Crippen LogP contribution is 2.18. The molecule has 0 radical (unpaired) electrons. The molecule has 0 saturated heterocycles. The van der Waals surface area contributed by atoms with E-state index in [0.29, 0.717) is 5.56 Å². The number of benzene rings is 2. The summed E-state index contributed by atoms with van der Waals surface area (Å²) in [7, 11) is -3.48. The van der Waals surface area contributed by atoms with Crippen LogP contribution in [0.2, 0.25) is 0 Å². The maximum Gasteiger partial charge on any atom is 0.182 e. The minimum absolute atomic E-state index is 0.152. The number of sulfone groups is 1. The predicted octanol–water partition coefficient (Wildman–Crippen LogP) is 2.67. The Morgan fingerprint density at radius 3 is 2.42 bits per heavy atom. The topological polar surface area (TPSA) is 57.9 Å². The average Bonchev–Trinajstić information content (AvgIpc) is 2.42. The quantitative estimate of drug-likeness (QED) is 0.865. The molecule has 5 heteroatoms. The van der Waals surface area contributed by atoms with Gasteiger partial charge in [0, 0.05) is 0 Å². The molecule has 0 aliphatic carbocycles. The van der Waals surface area contributed by atoms with Crippen molar-refractivity contribution in [1.29, 1.82) is 5.26 Å². The zero-order valence-corrected chi connectivity index (χ0v) is 10.7. The zero-order chi connectivity index (χ0) is 13.9. The van der Waals surface area contributed by atoms with Crippen molar-refractivity contribution in [2.75, 3.05) is 0 Å². The Hall–Kier alpha value is -2.19. The second-order valence-corrected chi connectivity index (χ2v) is 5.99. The van der Waals surface area contributed by atoms with Crippen LogP contribution in [0.4, 0.5) is 4.39 Å². The van der Waals surface area contributed by atoms with Gasteiger partial charge < -0.3 is 0 Å². The monoisotopic (exact) mass is 275 g/mol. The Morgan fingerprint density at radius 1 is 1.11 bits per heavy atom. The van der Waals surface area contributed by atoms with E-state index in [9.17, 15) is 12.8 Å². The maximum absolute atomic E-state index is 13.2. The second kappa shape index (κ2) is 5.21. The molecule has 0 fully saturated rings. The largest absolute Gasteiger partial charge is 0.223 e. The molecule has 19 heavy (non-hydrogen) atoms. The Bertz CT molecular complexity index is 734. The second-order valence-electron chi connectivity index (χ2n) is 4.00. The van der Waals surface area contributed by atoms with Gasteiger partial charge in [0.05, 0.1) is 16.2 Å². The van der Waals surface area contributed by atoms with Crippen molar-refractivity contribution in [2.24, 2.45) is 0 Å². The van der Waals surface area contributed by atoms with E-state index >= 15 is 0 Å². The highest BCUT2D eigenvalue weighted by atomic mass is 32.2. The lowest BCUT2D eigenvalue weighted by molar-refractivity contribution is 0.594. The lowest BCUT2D eigenvalue weighted by Crippen LogP contribution is -2.05. The van der Waals surface area contributed by atoms with Crippen molar-refractivity contribution < 1.29 is 12.8 Å². The third-order valence-corrected chi connectivity index (χ3v) is 4.31. The van der Waals surface area contributed by atoms with Gasteiger partial charge >= 0.3 is 0 Å². The molecule has 96 valence electrons. The van der Waals surface area contributed by atoms with Crippen LogP contribution in [0.25, 0.3) is 0 Å². The third-order valence-electron chi connectivity index (χ3n) is 2.61. The molecule has 0 spiro atoms. The number of hydrogen-bond acceptors (Lipinski definition) is 3. The van der Waals surface area contributed by atoms with Gasteiger partial charge in [-0.05, 0) is 29.8 Å². The summed E-state index contributed by atoms with van der Waals surface area (Å²) in [6, 6.07) is 13.4. The molecule has 0 aliphatic heterocycles. The molecule has 2 rings (SSSR count). The molecule has 0 amide bonds. The van der Waals surface area contributed by atoms with E-state index in [4.69, 9.17) is 5.26 Å². The summed E-state index contributed by atoms with van der Waals surface area (Å²) >= 11 is 0. The van der Waals surface area contributed by atoms with Crippen molar-refractivity contribution in [3.63, 3.8) is 0 Å². The summed E-state index contributed by atoms with van der Waals surface area (Å²) in [4.78, 5) is 0.206. The van der Waals surface area contributed by atoms with Crippen LogP contribution < -0.4 is 0 Å². The first-order valence-electron chi connectivity index (χ1n) is 5.49. The molecule has 0 unspecified atom stereocenters. The van der Waals surface area contributed by atoms with Gasteiger partial charge in [0.1, 0.15) is 11.9 Å². The molecule has 0 aliphatic rings. The van der Waals surface area contributed by atoms with Gasteiger partial charge in [0.15, 0.2) is 9.84 Å². The molecule has 0 atom stereocenters. The molecule has 0 saturated carbocycles. The Morgan fingerprint density at radius 2 is 1.79 bits per heavy atom. The van der Waals surface area contributed by atoms with Crippen LogP contribution in [0.15, 0.2) is 53.4 Å². The van der Waals surface area contributed by atoms with Gasteiger partial charge in [-0.3, -0.25) is 0 Å². The molecule has 3 nitrogen and oxygen atoms in total. The molecule has 0 bridgehead atoms. The summed E-state index contributed by atoms with van der Waals surface area (Å²) in [5, 5.41) is 8.72. The summed E-state index contributed by atoms with van der Waals surface area (Å²) < 4.78 is 37.4. The Balaban J connectivity index is 2.34. The molecule has 0 N–H and O–H groups in total. The minimum Gasteiger partial charge on any atom is -0.223 e. The summed E-state index contributed by atoms with van der Waals surface area (Å²) in [6.07, 6.45) is 0. The van der Waals surface area contributed by atoms with E-state index < -0.39 is 15.7 Å². The van der Waals surface area contributed by atoms with Crippen molar-refractivity contribution in [3.05, 3.63) is 65.5 Å². The van der Waals surface area contributed by atoms with E-state index in [2.05, 4.69) is 0 Å². The standard InChI is InChI=1S/C14H10FNO2S/c15-14-7-6-11(8-12(14)9-16)10-19(17,18)13-4-2-1-3-5-13/h1-8H,10H2. The lowest BCUT2D eigenvalue weighted by atomic mass is 10.1. The van der Waals surface area contributed by atoms with Crippen LogP contribution in [0.5, 0.6) is 0 Å². The number of halogens is 1. The highest BCUT2D eigenvalue weighted by Gasteiger charge is 2.15. The van der Waals surface area contributed by atoms with Gasteiger partial charge in [0.25, 0.3) is 0 Å². The van der Waals surface area contributed by atoms with Crippen LogP contribution in [0, 0.1) is 17.1 Å². The molecule has 0 heterocycles. The first-order chi connectivity index (χ1) is 9.03. The third kappa shape index (κ3) is 2.98. The number of nitrogens with zero attached hydrogens (tertiary/aromatic N) is 1. The van der Waals surface area contributed by atoms with E-state index in [1.807, 2.05) is 0 Å². The van der Waals surface area contributed by atoms with E-state index in [1.54, 1.807) is 24.3 Å². The van der Waals surface area contributed by atoms with Crippen LogP contribution in [-0.4, -0.2) is 8.42 Å². The Labute approximate surface area is 110 Å². The molecular weight excluding hydrogens is 265 g/mol. The van der Waals surface area contributed by atoms with Crippen molar-refractivity contribution in [3.8, 4) is 6.07 Å². The fourth-order valence-corrected chi connectivity index (χ4v) is 3.04. The van der Waals surface area contributed by atoms with Gasteiger partial charge in [-0.15, -0.1) is 0 Å². The van der Waals surface area contributed by atoms with E-state index in [-0.39, 0.29) is 16.2 Å². The van der Waals surface area contributed by atoms with Crippen molar-refractivity contribution in [2.45, 2.75) is 10.6 Å². The fraction of sp³-hybridized carbons (Fsp3) is 0.0714. The zero-order valence-electron chi connectivity index (χ0n) is 9.88. The maximum atomic E-state index is 13.2. The summed E-state index contributed by atoms with van der Waals surface area (Å²) in [5.41, 5.74) is 0.238. The fourth-order valence-electron chi connectivity index (χ4n) is 1.68. The normalized spacial score (nSPS) is 10.9. The van der Waals surface area contributed by atoms with Crippen LogP contribution >= 0.6 is 0 Å². The molecule has 2 aromatic rings. The first kappa shape index (κ1) is 13.2. The van der Waals surface area contributed by atoms with Crippen LogP contribution in [-0.2, 0) is 15.6 Å². The van der Waals surface area contributed by atoms with Gasteiger partial charge in [0.2, 0.25) is 0 Å². The van der Waals surface area contributed by atoms with E-state index in [0.717, 1.165) is 6.07 Å². The molecular formula is C14H10FNO2S. The SMILES string of the molecule is N#Cc1cc(CS(=O)(=O)c2ccccc2)ccc1F. The summed E-state index contributed by atoms with van der Waals surface area (Å²) in [5.74, 6) is -0.908. The lowest BCUT2D eigenvalue weighted by Gasteiger charge is -2.05. The van der Waals surface area contributed by atoms with E-state index in [1.165, 1.54) is 24.3 Å². The number of nitriles is 1. The van der Waals surface area contributed by atoms with Crippen LogP contribution in [0.3, 0.4) is 0 Å². The van der Waals surface area contributed by atoms with Crippen molar-refractivity contribution in [1.82, 2.24) is 0 Å². The smallest absolute Gasteiger partial charge is 0.182 e. The van der Waals surface area contributed by atoms with Crippen molar-refractivity contribution >= 4 is 9.84 Å². The van der Waals surface area contributed by atoms with Gasteiger partial charge in [-0.2, -0.15) is 5.26 Å². The number of hydrogen-bond donors (Lipinski definition) is 0. The average molecular weight is 275 g/mol.